The highest BCUT2D eigenvalue weighted by atomic mass is 32.2. The zero-order chi connectivity index (χ0) is 20.5. The van der Waals surface area contributed by atoms with Crippen LogP contribution in [0, 0.1) is 0 Å². The number of carbonyl (C=O) groups is 1. The average Bonchev–Trinajstić information content (AvgIpc) is 2.73. The van der Waals surface area contributed by atoms with Crippen LogP contribution in [0.4, 0.5) is 17.1 Å². The predicted molar refractivity (Wildman–Crippen MR) is 114 cm³/mol. The Kier molecular flexibility index (Phi) is 6.86. The van der Waals surface area contributed by atoms with Gasteiger partial charge in [-0.2, -0.15) is 10.2 Å². The topological polar surface area (TPSA) is 88.0 Å². The van der Waals surface area contributed by atoms with Gasteiger partial charge >= 0.3 is 0 Å². The van der Waals surface area contributed by atoms with E-state index < -0.39 is 9.84 Å². The molecule has 0 atom stereocenters. The van der Waals surface area contributed by atoms with Crippen LogP contribution in [0.5, 0.6) is 0 Å². The number of benzene rings is 3. The van der Waals surface area contributed by atoms with Crippen LogP contribution in [-0.2, 0) is 20.4 Å². The first-order valence-electron chi connectivity index (χ1n) is 9.11. The molecule has 0 unspecified atom stereocenters. The highest BCUT2D eigenvalue weighted by Gasteiger charge is 2.14. The third kappa shape index (κ3) is 6.97. The van der Waals surface area contributed by atoms with Gasteiger partial charge in [0.1, 0.15) is 0 Å². The van der Waals surface area contributed by atoms with Gasteiger partial charge in [0.25, 0.3) is 0 Å². The molecule has 0 spiro atoms. The van der Waals surface area contributed by atoms with Gasteiger partial charge in [-0.15, -0.1) is 0 Å². The summed E-state index contributed by atoms with van der Waals surface area (Å²) in [5.74, 6) is -0.611. The molecule has 0 aliphatic carbocycles. The third-order valence-electron chi connectivity index (χ3n) is 4.06. The summed E-state index contributed by atoms with van der Waals surface area (Å²) >= 11 is 0. The van der Waals surface area contributed by atoms with Crippen LogP contribution in [0.25, 0.3) is 0 Å². The maximum absolute atomic E-state index is 12.2. The largest absolute Gasteiger partial charge is 0.326 e. The summed E-state index contributed by atoms with van der Waals surface area (Å²) in [4.78, 5) is 12.1. The minimum Gasteiger partial charge on any atom is -0.326 e. The number of nitrogens with zero attached hydrogens (tertiary/aromatic N) is 2. The van der Waals surface area contributed by atoms with E-state index in [1.165, 1.54) is 0 Å². The van der Waals surface area contributed by atoms with Crippen molar-refractivity contribution in [1.82, 2.24) is 0 Å². The van der Waals surface area contributed by atoms with E-state index >= 15 is 0 Å². The molecule has 0 saturated carbocycles. The molecule has 0 radical (unpaired) electrons. The molecule has 6 nitrogen and oxygen atoms in total. The van der Waals surface area contributed by atoms with Crippen LogP contribution < -0.4 is 5.32 Å². The Morgan fingerprint density at radius 1 is 0.759 bits per heavy atom. The second-order valence-electron chi connectivity index (χ2n) is 6.46. The maximum Gasteiger partial charge on any atom is 0.225 e. The van der Waals surface area contributed by atoms with Crippen molar-refractivity contribution in [2.24, 2.45) is 10.2 Å². The standard InChI is InChI=1S/C22H21N3O3S/c26-22(15-16-29(27,28)17-18-7-3-1-4-8-18)23-19-11-13-21(14-12-19)25-24-20-9-5-2-6-10-20/h1-14H,15-17H2,(H,23,26). The van der Waals surface area contributed by atoms with E-state index in [1.807, 2.05) is 36.4 Å². The number of carbonyl (C=O) groups excluding carboxylic acids is 1. The van der Waals surface area contributed by atoms with Crippen molar-refractivity contribution in [2.45, 2.75) is 12.2 Å². The third-order valence-corrected chi connectivity index (χ3v) is 5.66. The van der Waals surface area contributed by atoms with Gasteiger partial charge in [0, 0.05) is 12.1 Å². The SMILES string of the molecule is O=C(CCS(=O)(=O)Cc1ccccc1)Nc1ccc(N=Nc2ccccc2)cc1. The lowest BCUT2D eigenvalue weighted by Gasteiger charge is -2.07. The van der Waals surface area contributed by atoms with Crippen LogP contribution in [-0.4, -0.2) is 20.1 Å². The summed E-state index contributed by atoms with van der Waals surface area (Å²) in [6.45, 7) is 0. The van der Waals surface area contributed by atoms with E-state index in [-0.39, 0.29) is 23.8 Å². The molecule has 3 rings (SSSR count). The number of sulfone groups is 1. The lowest BCUT2D eigenvalue weighted by molar-refractivity contribution is -0.115. The fraction of sp³-hybridized carbons (Fsp3) is 0.136. The summed E-state index contributed by atoms with van der Waals surface area (Å²) < 4.78 is 24.4. The highest BCUT2D eigenvalue weighted by molar-refractivity contribution is 7.90. The van der Waals surface area contributed by atoms with E-state index in [0.717, 1.165) is 5.69 Å². The van der Waals surface area contributed by atoms with Crippen LogP contribution in [0.15, 0.2) is 95.2 Å². The molecule has 3 aromatic rings. The Balaban J connectivity index is 1.49. The van der Waals surface area contributed by atoms with Crippen molar-refractivity contribution in [3.05, 3.63) is 90.5 Å². The normalized spacial score (nSPS) is 11.4. The van der Waals surface area contributed by atoms with E-state index in [4.69, 9.17) is 0 Å². The molecular weight excluding hydrogens is 386 g/mol. The molecule has 0 bridgehead atoms. The predicted octanol–water partition coefficient (Wildman–Crippen LogP) is 5.05. The minimum absolute atomic E-state index is 0.0672. The van der Waals surface area contributed by atoms with Crippen LogP contribution in [0.3, 0.4) is 0 Å². The summed E-state index contributed by atoms with van der Waals surface area (Å²) in [6.07, 6.45) is -0.0926. The molecule has 7 heteroatoms. The Labute approximate surface area is 170 Å². The van der Waals surface area contributed by atoms with E-state index in [1.54, 1.807) is 48.5 Å². The molecule has 0 heterocycles. The molecule has 0 fully saturated rings. The zero-order valence-corrected chi connectivity index (χ0v) is 16.5. The fourth-order valence-electron chi connectivity index (χ4n) is 2.59. The van der Waals surface area contributed by atoms with Gasteiger partial charge in [-0.25, -0.2) is 8.42 Å². The van der Waals surface area contributed by atoms with Gasteiger partial charge in [-0.3, -0.25) is 4.79 Å². The van der Waals surface area contributed by atoms with Crippen LogP contribution in [0.1, 0.15) is 12.0 Å². The number of anilines is 1. The van der Waals surface area contributed by atoms with E-state index in [9.17, 15) is 13.2 Å². The number of hydrogen-bond donors (Lipinski definition) is 1. The van der Waals surface area contributed by atoms with Crippen molar-refractivity contribution in [1.29, 1.82) is 0 Å². The molecule has 0 saturated heterocycles. The average molecular weight is 407 g/mol. The van der Waals surface area contributed by atoms with E-state index in [0.29, 0.717) is 16.9 Å². The Morgan fingerprint density at radius 3 is 1.93 bits per heavy atom. The van der Waals surface area contributed by atoms with Crippen molar-refractivity contribution >= 4 is 32.8 Å². The molecular formula is C22H21N3O3S. The maximum atomic E-state index is 12.2. The van der Waals surface area contributed by atoms with Gasteiger partial charge in [0.2, 0.25) is 5.91 Å². The lowest BCUT2D eigenvalue weighted by atomic mass is 10.2. The lowest BCUT2D eigenvalue weighted by Crippen LogP contribution is -2.18. The van der Waals surface area contributed by atoms with Gasteiger partial charge in [-0.05, 0) is 42.0 Å². The molecule has 148 valence electrons. The van der Waals surface area contributed by atoms with Crippen LogP contribution >= 0.6 is 0 Å². The first-order chi connectivity index (χ1) is 14.0. The molecule has 29 heavy (non-hydrogen) atoms. The zero-order valence-electron chi connectivity index (χ0n) is 15.7. The molecule has 0 aliphatic rings. The smallest absolute Gasteiger partial charge is 0.225 e. The van der Waals surface area contributed by atoms with E-state index in [2.05, 4.69) is 15.5 Å². The van der Waals surface area contributed by atoms with Crippen molar-refractivity contribution in [2.75, 3.05) is 11.1 Å². The number of nitrogens with one attached hydrogen (secondary N) is 1. The molecule has 1 N–H and O–H groups in total. The molecule has 1 amide bonds. The summed E-state index contributed by atoms with van der Waals surface area (Å²) in [5, 5.41) is 11.0. The second kappa shape index (κ2) is 9.75. The first-order valence-corrected chi connectivity index (χ1v) is 10.9. The molecule has 0 aromatic heterocycles. The van der Waals surface area contributed by atoms with Crippen molar-refractivity contribution in [3.63, 3.8) is 0 Å². The highest BCUT2D eigenvalue weighted by Crippen LogP contribution is 2.20. The summed E-state index contributed by atoms with van der Waals surface area (Å²) in [6, 6.07) is 25.2. The van der Waals surface area contributed by atoms with Crippen LogP contribution in [0.2, 0.25) is 0 Å². The van der Waals surface area contributed by atoms with Gasteiger partial charge in [0.05, 0.1) is 22.9 Å². The van der Waals surface area contributed by atoms with Gasteiger partial charge < -0.3 is 5.32 Å². The quantitative estimate of drug-likeness (QED) is 0.530. The Hall–Kier alpha value is -3.32. The summed E-state index contributed by atoms with van der Waals surface area (Å²) in [7, 11) is -3.35. The van der Waals surface area contributed by atoms with Crippen molar-refractivity contribution in [3.8, 4) is 0 Å². The fourth-order valence-corrected chi connectivity index (χ4v) is 3.93. The first kappa shape index (κ1) is 20.4. The van der Waals surface area contributed by atoms with Gasteiger partial charge in [0.15, 0.2) is 9.84 Å². The Bertz CT molecular complexity index is 1070. The molecule has 3 aromatic carbocycles. The Morgan fingerprint density at radius 2 is 1.31 bits per heavy atom. The number of amides is 1. The molecule has 0 aliphatic heterocycles. The monoisotopic (exact) mass is 407 g/mol. The number of hydrogen-bond acceptors (Lipinski definition) is 5. The van der Waals surface area contributed by atoms with Crippen molar-refractivity contribution < 1.29 is 13.2 Å². The minimum atomic E-state index is -3.35. The second-order valence-corrected chi connectivity index (χ2v) is 8.64. The number of rotatable bonds is 8. The number of azo groups is 1. The van der Waals surface area contributed by atoms with Gasteiger partial charge in [-0.1, -0.05) is 48.5 Å². The summed E-state index contributed by atoms with van der Waals surface area (Å²) in [5.41, 5.74) is 2.70.